The number of amides is 1. The maximum Gasteiger partial charge on any atom is 0.263 e. The number of para-hydroxylation sites is 1. The van der Waals surface area contributed by atoms with E-state index in [0.29, 0.717) is 12.3 Å². The van der Waals surface area contributed by atoms with Gasteiger partial charge in [-0.2, -0.15) is 0 Å². The summed E-state index contributed by atoms with van der Waals surface area (Å²) in [5.74, 6) is 0.680. The van der Waals surface area contributed by atoms with E-state index in [9.17, 15) is 4.79 Å². The van der Waals surface area contributed by atoms with Gasteiger partial charge in [-0.1, -0.05) is 48.5 Å². The predicted molar refractivity (Wildman–Crippen MR) is 79.4 cm³/mol. The van der Waals surface area contributed by atoms with Crippen LogP contribution in [0.5, 0.6) is 5.75 Å². The molecular weight excluding hydrogens is 250 g/mol. The first-order valence-electron chi connectivity index (χ1n) is 6.67. The number of hydrogen-bond donors (Lipinski definition) is 0. The first-order valence-corrected chi connectivity index (χ1v) is 6.67. The van der Waals surface area contributed by atoms with Crippen LogP contribution in [0.3, 0.4) is 0 Å². The van der Waals surface area contributed by atoms with Crippen molar-refractivity contribution in [3.05, 3.63) is 66.2 Å². The van der Waals surface area contributed by atoms with Gasteiger partial charge in [0.2, 0.25) is 0 Å². The minimum absolute atomic E-state index is 0.0299. The molecule has 2 aromatic carbocycles. The van der Waals surface area contributed by atoms with Gasteiger partial charge in [0.15, 0.2) is 6.10 Å². The zero-order chi connectivity index (χ0) is 14.4. The van der Waals surface area contributed by atoms with Gasteiger partial charge in [-0.05, 0) is 24.6 Å². The highest BCUT2D eigenvalue weighted by molar-refractivity contribution is 5.80. The van der Waals surface area contributed by atoms with Crippen LogP contribution in [-0.4, -0.2) is 24.0 Å². The van der Waals surface area contributed by atoms with Crippen molar-refractivity contribution in [2.24, 2.45) is 0 Å². The Kier molecular flexibility index (Phi) is 4.77. The Labute approximate surface area is 119 Å². The van der Waals surface area contributed by atoms with Crippen molar-refractivity contribution in [2.45, 2.75) is 19.6 Å². The molecule has 0 radical (unpaired) electrons. The second-order valence-electron chi connectivity index (χ2n) is 4.75. The second-order valence-corrected chi connectivity index (χ2v) is 4.75. The number of carbonyl (C=O) groups excluding carboxylic acids is 1. The van der Waals surface area contributed by atoms with Crippen LogP contribution in [0, 0.1) is 0 Å². The SMILES string of the molecule is CC(Oc1ccccc1)C(=O)N(C)Cc1ccccc1. The normalized spacial score (nSPS) is 11.7. The van der Waals surface area contributed by atoms with E-state index in [-0.39, 0.29) is 5.91 Å². The highest BCUT2D eigenvalue weighted by Gasteiger charge is 2.19. The van der Waals surface area contributed by atoms with Crippen LogP contribution in [-0.2, 0) is 11.3 Å². The molecule has 3 heteroatoms. The molecule has 0 aromatic heterocycles. The molecule has 0 aliphatic rings. The number of rotatable bonds is 5. The van der Waals surface area contributed by atoms with Crippen LogP contribution in [0.25, 0.3) is 0 Å². The summed E-state index contributed by atoms with van der Waals surface area (Å²) in [6.45, 7) is 2.36. The number of benzene rings is 2. The third-order valence-electron chi connectivity index (χ3n) is 3.04. The molecule has 0 heterocycles. The number of hydrogen-bond acceptors (Lipinski definition) is 2. The highest BCUT2D eigenvalue weighted by Crippen LogP contribution is 2.12. The summed E-state index contributed by atoms with van der Waals surface area (Å²) in [7, 11) is 1.79. The molecule has 1 amide bonds. The van der Waals surface area contributed by atoms with E-state index in [1.54, 1.807) is 18.9 Å². The Hall–Kier alpha value is -2.29. The third-order valence-corrected chi connectivity index (χ3v) is 3.04. The van der Waals surface area contributed by atoms with Crippen molar-refractivity contribution in [3.8, 4) is 5.75 Å². The molecular formula is C17H19NO2. The smallest absolute Gasteiger partial charge is 0.263 e. The van der Waals surface area contributed by atoms with Gasteiger partial charge in [0.25, 0.3) is 5.91 Å². The van der Waals surface area contributed by atoms with E-state index in [0.717, 1.165) is 5.56 Å². The topological polar surface area (TPSA) is 29.5 Å². The molecule has 0 N–H and O–H groups in total. The van der Waals surface area contributed by atoms with Gasteiger partial charge in [0.05, 0.1) is 0 Å². The summed E-state index contributed by atoms with van der Waals surface area (Å²) in [5.41, 5.74) is 1.11. The lowest BCUT2D eigenvalue weighted by atomic mass is 10.2. The maximum absolute atomic E-state index is 12.3. The molecule has 104 valence electrons. The van der Waals surface area contributed by atoms with Crippen molar-refractivity contribution < 1.29 is 9.53 Å². The van der Waals surface area contributed by atoms with E-state index in [4.69, 9.17) is 4.74 Å². The van der Waals surface area contributed by atoms with Crippen molar-refractivity contribution >= 4 is 5.91 Å². The minimum Gasteiger partial charge on any atom is -0.481 e. The molecule has 1 atom stereocenters. The fourth-order valence-corrected chi connectivity index (χ4v) is 2.00. The Morgan fingerprint density at radius 2 is 1.60 bits per heavy atom. The van der Waals surface area contributed by atoms with E-state index >= 15 is 0 Å². The van der Waals surface area contributed by atoms with Gasteiger partial charge in [-0.25, -0.2) is 0 Å². The zero-order valence-electron chi connectivity index (χ0n) is 11.8. The molecule has 20 heavy (non-hydrogen) atoms. The molecule has 0 fully saturated rings. The van der Waals surface area contributed by atoms with E-state index in [1.807, 2.05) is 60.7 Å². The first kappa shape index (κ1) is 14.1. The molecule has 1 unspecified atom stereocenters. The number of nitrogens with zero attached hydrogens (tertiary/aromatic N) is 1. The summed E-state index contributed by atoms with van der Waals surface area (Å²) in [6.07, 6.45) is -0.494. The third kappa shape index (κ3) is 3.85. The number of ether oxygens (including phenoxy) is 1. The molecule has 2 rings (SSSR count). The molecule has 0 saturated carbocycles. The standard InChI is InChI=1S/C17H19NO2/c1-14(20-16-11-7-4-8-12-16)17(19)18(2)13-15-9-5-3-6-10-15/h3-12,14H,13H2,1-2H3. The Balaban J connectivity index is 1.93. The molecule has 0 bridgehead atoms. The van der Waals surface area contributed by atoms with Crippen molar-refractivity contribution in [2.75, 3.05) is 7.05 Å². The van der Waals surface area contributed by atoms with E-state index in [1.165, 1.54) is 0 Å². The minimum atomic E-state index is -0.494. The molecule has 0 saturated heterocycles. The van der Waals surface area contributed by atoms with Crippen LogP contribution in [0.1, 0.15) is 12.5 Å². The first-order chi connectivity index (χ1) is 9.66. The summed E-state index contributed by atoms with van der Waals surface area (Å²) in [6, 6.07) is 19.3. The average molecular weight is 269 g/mol. The van der Waals surface area contributed by atoms with E-state index in [2.05, 4.69) is 0 Å². The quantitative estimate of drug-likeness (QED) is 0.834. The van der Waals surface area contributed by atoms with Gasteiger partial charge >= 0.3 is 0 Å². The van der Waals surface area contributed by atoms with E-state index < -0.39 is 6.10 Å². The van der Waals surface area contributed by atoms with Crippen LogP contribution >= 0.6 is 0 Å². The highest BCUT2D eigenvalue weighted by atomic mass is 16.5. The molecule has 0 spiro atoms. The molecule has 0 aliphatic carbocycles. The van der Waals surface area contributed by atoms with Crippen molar-refractivity contribution in [3.63, 3.8) is 0 Å². The molecule has 0 aliphatic heterocycles. The summed E-state index contributed by atoms with van der Waals surface area (Å²) >= 11 is 0. The lowest BCUT2D eigenvalue weighted by molar-refractivity contribution is -0.137. The van der Waals surface area contributed by atoms with Crippen molar-refractivity contribution in [1.82, 2.24) is 4.90 Å². The lowest BCUT2D eigenvalue weighted by Crippen LogP contribution is -2.37. The fourth-order valence-electron chi connectivity index (χ4n) is 2.00. The summed E-state index contributed by atoms with van der Waals surface area (Å²) in [4.78, 5) is 13.9. The predicted octanol–water partition coefficient (Wildman–Crippen LogP) is 3.11. The Bertz CT molecular complexity index is 490. The lowest BCUT2D eigenvalue weighted by Gasteiger charge is -2.22. The van der Waals surface area contributed by atoms with Gasteiger partial charge < -0.3 is 9.64 Å². The van der Waals surface area contributed by atoms with Gasteiger partial charge in [-0.3, -0.25) is 4.79 Å². The van der Waals surface area contributed by atoms with Gasteiger partial charge in [0.1, 0.15) is 5.75 Å². The maximum atomic E-state index is 12.3. The Morgan fingerprint density at radius 3 is 2.20 bits per heavy atom. The van der Waals surface area contributed by atoms with Gasteiger partial charge in [0, 0.05) is 13.6 Å². The fraction of sp³-hybridized carbons (Fsp3) is 0.235. The zero-order valence-corrected chi connectivity index (χ0v) is 11.8. The number of carbonyl (C=O) groups is 1. The van der Waals surface area contributed by atoms with Crippen LogP contribution in [0.4, 0.5) is 0 Å². The van der Waals surface area contributed by atoms with Gasteiger partial charge in [-0.15, -0.1) is 0 Å². The summed E-state index contributed by atoms with van der Waals surface area (Å²) < 4.78 is 5.64. The monoisotopic (exact) mass is 269 g/mol. The Morgan fingerprint density at radius 1 is 1.05 bits per heavy atom. The second kappa shape index (κ2) is 6.75. The summed E-state index contributed by atoms with van der Waals surface area (Å²) in [5, 5.41) is 0. The largest absolute Gasteiger partial charge is 0.481 e. The van der Waals surface area contributed by atoms with Crippen LogP contribution in [0.15, 0.2) is 60.7 Å². The van der Waals surface area contributed by atoms with Crippen LogP contribution < -0.4 is 4.74 Å². The molecule has 2 aromatic rings. The molecule has 3 nitrogen and oxygen atoms in total. The number of likely N-dealkylation sites (N-methyl/N-ethyl adjacent to an activating group) is 1. The average Bonchev–Trinajstić information content (AvgIpc) is 2.48. The van der Waals surface area contributed by atoms with Crippen molar-refractivity contribution in [1.29, 1.82) is 0 Å². The van der Waals surface area contributed by atoms with Crippen LogP contribution in [0.2, 0.25) is 0 Å².